The summed E-state index contributed by atoms with van der Waals surface area (Å²) in [7, 11) is -4.12. The van der Waals surface area contributed by atoms with Crippen LogP contribution in [0.1, 0.15) is 129 Å². The van der Waals surface area contributed by atoms with E-state index in [4.69, 9.17) is 0 Å². The van der Waals surface area contributed by atoms with Crippen molar-refractivity contribution in [3.05, 3.63) is 500 Å². The summed E-state index contributed by atoms with van der Waals surface area (Å²) in [6.45, 7) is 17.3. The van der Waals surface area contributed by atoms with Crippen molar-refractivity contribution in [1.82, 2.24) is 9.13 Å². The van der Waals surface area contributed by atoms with Crippen LogP contribution in [0, 0.1) is 0 Å². The molecule has 0 atom stereocenters. The van der Waals surface area contributed by atoms with Crippen molar-refractivity contribution < 1.29 is 27.4 Å². The van der Waals surface area contributed by atoms with Crippen molar-refractivity contribution in [2.24, 2.45) is 0 Å². The van der Waals surface area contributed by atoms with Crippen molar-refractivity contribution in [3.8, 4) is 55.9 Å². The maximum absolute atomic E-state index is 12.4. The lowest BCUT2D eigenvalue weighted by Gasteiger charge is -2.47. The Bertz CT molecular complexity index is 8480. The molecular formula is C127H103BN4Si. The zero-order chi connectivity index (χ0) is 107. The second-order valence-electron chi connectivity index (χ2n) is 37.8. The van der Waals surface area contributed by atoms with E-state index in [2.05, 4.69) is 86.6 Å². The fourth-order valence-electron chi connectivity index (χ4n) is 20.5. The number of hydrogen-bond acceptors (Lipinski definition) is 2. The smallest absolute Gasteiger partial charge is 0.252 e. The third kappa shape index (κ3) is 13.5. The first-order valence-electron chi connectivity index (χ1n) is 55.4. The van der Waals surface area contributed by atoms with Crippen molar-refractivity contribution in [2.75, 3.05) is 9.80 Å². The first kappa shape index (κ1) is 62.8. The van der Waals surface area contributed by atoms with Crippen LogP contribution in [0.15, 0.2) is 461 Å². The molecule has 0 saturated heterocycles. The number of benzene rings is 19. The van der Waals surface area contributed by atoms with Crippen molar-refractivity contribution in [3.63, 3.8) is 0 Å². The van der Waals surface area contributed by atoms with E-state index in [0.717, 1.165) is 26.7 Å². The second kappa shape index (κ2) is 32.3. The summed E-state index contributed by atoms with van der Waals surface area (Å²) in [5.41, 5.74) is 4.40. The summed E-state index contributed by atoms with van der Waals surface area (Å²) in [6, 6.07) is 96.0. The van der Waals surface area contributed by atoms with E-state index >= 15 is 0 Å². The van der Waals surface area contributed by atoms with Gasteiger partial charge in [-0.25, -0.2) is 0 Å². The topological polar surface area (TPSA) is 16.3 Å². The first-order chi connectivity index (χ1) is 73.3. The van der Waals surface area contributed by atoms with Gasteiger partial charge in [-0.1, -0.05) is 432 Å². The SMILES string of the molecule is [2H]c1c([2H])c(-n2c3c([2H])c([2H])c([2H])c([2H])c3c3c([2H])c(C(c4ccccc4)(c4ccccc4)c4ccccc4)c([2H])c([2H])c32)c([2H])c2c1B1c3c(cc(C(C)(C)C)cc3N(c3c(-c4ccccc4)cc(C(C)(C)C)cc3-c3ccccc3)c3c([2H])c(-n4c5c([2H])c([2H])c([2H])c([2H])c5c5c([2H])c([Si](c6ccccc6)(c6ccccc6)c6ccccc6)c([2H])c([2H])c54)c([2H])c([2H])c31)N2c1c(-c2ccccc2)cc(C(C)(C)C)cc1-c1ccccc1. The molecule has 0 fully saturated rings. The van der Waals surface area contributed by atoms with Crippen LogP contribution in [-0.2, 0) is 21.7 Å². The Hall–Kier alpha value is -15.3. The molecule has 0 spiro atoms. The van der Waals surface area contributed by atoms with Crippen molar-refractivity contribution in [1.29, 1.82) is 0 Å². The highest BCUT2D eigenvalue weighted by atomic mass is 28.3. The van der Waals surface area contributed by atoms with E-state index in [1.807, 2.05) is 325 Å². The first-order valence-corrected chi connectivity index (χ1v) is 47.4. The van der Waals surface area contributed by atoms with Gasteiger partial charge in [0.2, 0.25) is 0 Å². The highest BCUT2D eigenvalue weighted by Gasteiger charge is 2.48. The summed E-state index contributed by atoms with van der Waals surface area (Å²) < 4.78 is 223. The molecule has 21 aromatic rings. The van der Waals surface area contributed by atoms with Crippen LogP contribution < -0.4 is 46.9 Å². The number of para-hydroxylation sites is 2. The zero-order valence-corrected chi connectivity index (χ0v) is 76.2. The van der Waals surface area contributed by atoms with Crippen LogP contribution in [0.5, 0.6) is 0 Å². The molecule has 0 N–H and O–H groups in total. The largest absolute Gasteiger partial charge is 0.310 e. The van der Waals surface area contributed by atoms with Gasteiger partial charge in [-0.3, -0.25) is 0 Å². The molecule has 0 amide bonds. The van der Waals surface area contributed by atoms with Crippen LogP contribution in [0.2, 0.25) is 0 Å². The average Bonchev–Trinajstić information content (AvgIpc) is 1.68. The Morgan fingerprint density at radius 2 is 0.549 bits per heavy atom. The zero-order valence-electron chi connectivity index (χ0n) is 95.2. The van der Waals surface area contributed by atoms with Gasteiger partial charge in [-0.15, -0.1) is 0 Å². The molecular weight excluding hydrogens is 1620 g/mol. The molecule has 0 unspecified atom stereocenters. The maximum Gasteiger partial charge on any atom is 0.252 e. The summed E-state index contributed by atoms with van der Waals surface area (Å²) in [5, 5.41) is 1.33. The minimum Gasteiger partial charge on any atom is -0.310 e. The summed E-state index contributed by atoms with van der Waals surface area (Å²) in [5.74, 6) is 0. The number of anilines is 6. The molecule has 4 nitrogen and oxygen atoms in total. The maximum atomic E-state index is 12.4. The van der Waals surface area contributed by atoms with E-state index in [1.54, 1.807) is 0 Å². The number of hydrogen-bond donors (Lipinski definition) is 0. The normalized spacial score (nSPS) is 14.9. The molecule has 638 valence electrons. The van der Waals surface area contributed by atoms with Gasteiger partial charge < -0.3 is 18.9 Å². The highest BCUT2D eigenvalue weighted by molar-refractivity contribution is 7.20. The van der Waals surface area contributed by atoms with E-state index < -0.39 is 163 Å². The van der Waals surface area contributed by atoms with Gasteiger partial charge in [0.05, 0.1) is 66.3 Å². The summed E-state index contributed by atoms with van der Waals surface area (Å²) >= 11 is 0. The minimum absolute atomic E-state index is 0.0281. The molecule has 133 heavy (non-hydrogen) atoms. The Labute approximate surface area is 810 Å². The van der Waals surface area contributed by atoms with Crippen molar-refractivity contribution in [2.45, 2.75) is 84.0 Å². The molecule has 0 radical (unpaired) electrons. The predicted octanol–water partition coefficient (Wildman–Crippen LogP) is 28.3. The Morgan fingerprint density at radius 3 is 0.895 bits per heavy atom. The number of aromatic nitrogens is 2. The number of rotatable bonds is 16. The summed E-state index contributed by atoms with van der Waals surface area (Å²) in [4.78, 5) is 3.93. The molecule has 2 aliphatic heterocycles. The molecule has 2 aliphatic rings. The molecule has 6 heteroatoms. The molecule has 0 aliphatic carbocycles. The van der Waals surface area contributed by atoms with Gasteiger partial charge in [-0.05, 0) is 205 Å². The van der Waals surface area contributed by atoms with Crippen LogP contribution in [0.3, 0.4) is 0 Å². The van der Waals surface area contributed by atoms with Gasteiger partial charge in [0.25, 0.3) is 6.71 Å². The van der Waals surface area contributed by atoms with E-state index in [-0.39, 0.29) is 82.7 Å². The number of nitrogens with zero attached hydrogens (tertiary/aromatic N) is 4. The van der Waals surface area contributed by atoms with Gasteiger partial charge in [-0.2, -0.15) is 0 Å². The fraction of sp³-hybridized carbons (Fsp3) is 0.102. The molecule has 19 aromatic carbocycles. The second-order valence-corrected chi connectivity index (χ2v) is 41.6. The number of fused-ring (bicyclic) bond motifs is 10. The Balaban J connectivity index is 0.948. The quantitative estimate of drug-likeness (QED) is 0.0708. The van der Waals surface area contributed by atoms with Gasteiger partial charge in [0.1, 0.15) is 0 Å². The van der Waals surface area contributed by atoms with Crippen LogP contribution in [0.25, 0.3) is 99.5 Å². The molecule has 23 rings (SSSR count). The molecule has 2 aromatic heterocycles. The van der Waals surface area contributed by atoms with Crippen molar-refractivity contribution >= 4 is 130 Å². The summed E-state index contributed by atoms with van der Waals surface area (Å²) in [6.07, 6.45) is 0. The average molecular weight is 1740 g/mol. The molecule has 0 saturated carbocycles. The van der Waals surface area contributed by atoms with Gasteiger partial charge in [0.15, 0.2) is 8.07 Å². The standard InChI is InChI=1S/C127H103BN4Si/c1-124(2,3)94-77-105(86-44-20-10-21-45-86)122(106(78-94)87-46-22-11-23-47-87)131-117-83-97(129-113-66-42-40-64-103(113)109-76-93(68-74-115(109)129)127(90-52-28-14-29-53-90,91-54-30-15-31-55-91)92-56-32-16-33-57-92)69-72-111(117)128-112-73-70-98(130-114-67-43-41-65-104(114)110-85-102(71-75-116(110)130)133(99-58-34-17-35-59-99,100-60-36-18-37-61-100)101-62-38-19-39-63-101)84-118(112)132(120-82-96(126(7,8)9)81-119(131)121(120)128)123-107(88-48-24-12-25-49-88)79-95(125(4,5)6)80-108(123)89-50-26-13-27-51-89/h10-85H,1-9H3/i40D,41D,42D,43D,64D,65D,66D,67D,68D,69D,70D,71D,72D,73D,74D,75D,76D,83D,84D,85D. The lowest BCUT2D eigenvalue weighted by molar-refractivity contribution is 0.590. The minimum atomic E-state index is -4.12. The fourth-order valence-corrected chi connectivity index (χ4v) is 25.0. The monoisotopic (exact) mass is 1740 g/mol. The Morgan fingerprint density at radius 1 is 0.248 bits per heavy atom. The van der Waals surface area contributed by atoms with Gasteiger partial charge in [0, 0.05) is 77.9 Å². The highest BCUT2D eigenvalue weighted by Crippen LogP contribution is 2.57. The molecule has 0 bridgehead atoms. The Kier molecular flexibility index (Phi) is 15.3. The van der Waals surface area contributed by atoms with E-state index in [0.29, 0.717) is 95.0 Å². The lowest BCUT2D eigenvalue weighted by atomic mass is 9.33. The third-order valence-electron chi connectivity index (χ3n) is 26.9. The molecule has 4 heterocycles. The lowest BCUT2D eigenvalue weighted by Crippen LogP contribution is -2.74. The van der Waals surface area contributed by atoms with E-state index in [1.165, 1.54) is 9.13 Å². The van der Waals surface area contributed by atoms with Crippen LogP contribution >= 0.6 is 0 Å². The van der Waals surface area contributed by atoms with E-state index in [9.17, 15) is 27.4 Å². The predicted molar refractivity (Wildman–Crippen MR) is 569 cm³/mol. The van der Waals surface area contributed by atoms with Crippen LogP contribution in [-0.4, -0.2) is 23.9 Å². The third-order valence-corrected chi connectivity index (χ3v) is 31.5. The van der Waals surface area contributed by atoms with Crippen LogP contribution in [0.4, 0.5) is 34.1 Å². The van der Waals surface area contributed by atoms with Gasteiger partial charge >= 0.3 is 0 Å².